The minimum atomic E-state index is -3.74. The molecule has 0 aliphatic heterocycles. The summed E-state index contributed by atoms with van der Waals surface area (Å²) in [6.45, 7) is 0. The number of carbonyl (C=O) groups is 1. The van der Waals surface area contributed by atoms with E-state index in [9.17, 15) is 22.0 Å². The van der Waals surface area contributed by atoms with Gasteiger partial charge in [-0.2, -0.15) is 0 Å². The van der Waals surface area contributed by atoms with Gasteiger partial charge in [-0.05, 0) is 29.0 Å². The summed E-state index contributed by atoms with van der Waals surface area (Å²) in [5.74, 6) is -3.60. The molecule has 0 unspecified atom stereocenters. The van der Waals surface area contributed by atoms with Crippen LogP contribution in [0.4, 0.5) is 14.5 Å². The van der Waals surface area contributed by atoms with Crippen LogP contribution in [-0.2, 0) is 14.8 Å². The van der Waals surface area contributed by atoms with Crippen LogP contribution in [0, 0.1) is 11.6 Å². The summed E-state index contributed by atoms with van der Waals surface area (Å²) in [5, 5.41) is 2.04. The predicted molar refractivity (Wildman–Crippen MR) is 65.5 cm³/mol. The monoisotopic (exact) mass is 342 g/mol. The molecule has 0 spiro atoms. The molecular weight excluding hydrogens is 334 g/mol. The first kappa shape index (κ1) is 15.0. The van der Waals surface area contributed by atoms with Crippen molar-refractivity contribution in [3.8, 4) is 0 Å². The van der Waals surface area contributed by atoms with Gasteiger partial charge in [0.05, 0.1) is 10.2 Å². The first-order chi connectivity index (χ1) is 8.25. The van der Waals surface area contributed by atoms with Crippen molar-refractivity contribution in [2.45, 2.75) is 0 Å². The number of carbonyl (C=O) groups excluding carboxylic acids is 1. The van der Waals surface area contributed by atoms with Crippen molar-refractivity contribution in [1.82, 2.24) is 4.72 Å². The molecule has 0 aliphatic carbocycles. The highest BCUT2D eigenvalue weighted by atomic mass is 79.9. The van der Waals surface area contributed by atoms with Gasteiger partial charge in [0.25, 0.3) is 0 Å². The molecule has 1 aromatic rings. The Morgan fingerprint density at radius 1 is 1.33 bits per heavy atom. The van der Waals surface area contributed by atoms with Gasteiger partial charge < -0.3 is 5.32 Å². The fraction of sp³-hybridized carbons (Fsp3) is 0.222. The highest BCUT2D eigenvalue weighted by molar-refractivity contribution is 9.10. The minimum absolute atomic E-state index is 0.0457. The number of hydrogen-bond acceptors (Lipinski definition) is 3. The first-order valence-electron chi connectivity index (χ1n) is 4.61. The largest absolute Gasteiger partial charge is 0.323 e. The van der Waals surface area contributed by atoms with Crippen LogP contribution in [0.2, 0.25) is 0 Å². The number of amides is 1. The molecule has 1 rings (SSSR count). The normalized spacial score (nSPS) is 11.3. The fourth-order valence-electron chi connectivity index (χ4n) is 1.05. The molecule has 9 heteroatoms. The summed E-state index contributed by atoms with van der Waals surface area (Å²) < 4.78 is 50.2. The lowest BCUT2D eigenvalue weighted by Gasteiger charge is -2.07. The van der Waals surface area contributed by atoms with Crippen LogP contribution in [0.1, 0.15) is 0 Å². The van der Waals surface area contributed by atoms with Gasteiger partial charge in [0, 0.05) is 6.07 Å². The van der Waals surface area contributed by atoms with Crippen LogP contribution in [-0.4, -0.2) is 27.1 Å². The van der Waals surface area contributed by atoms with Gasteiger partial charge in [-0.1, -0.05) is 0 Å². The molecule has 5 nitrogen and oxygen atoms in total. The second-order valence-electron chi connectivity index (χ2n) is 3.26. The van der Waals surface area contributed by atoms with Crippen LogP contribution in [0.25, 0.3) is 0 Å². The Morgan fingerprint density at radius 3 is 2.50 bits per heavy atom. The number of benzene rings is 1. The number of rotatable bonds is 4. The van der Waals surface area contributed by atoms with Gasteiger partial charge in [0.15, 0.2) is 0 Å². The van der Waals surface area contributed by atoms with E-state index in [0.717, 1.165) is 13.1 Å². The van der Waals surface area contributed by atoms with Crippen LogP contribution < -0.4 is 10.0 Å². The van der Waals surface area contributed by atoms with Crippen molar-refractivity contribution in [3.05, 3.63) is 28.2 Å². The van der Waals surface area contributed by atoms with Crippen molar-refractivity contribution < 1.29 is 22.0 Å². The molecule has 100 valence electrons. The van der Waals surface area contributed by atoms with Crippen LogP contribution >= 0.6 is 15.9 Å². The number of hydrogen-bond donors (Lipinski definition) is 2. The summed E-state index contributed by atoms with van der Waals surface area (Å²) >= 11 is 2.82. The summed E-state index contributed by atoms with van der Waals surface area (Å²) in [6, 6.07) is 1.58. The minimum Gasteiger partial charge on any atom is -0.323 e. The molecule has 0 radical (unpaired) electrons. The number of halogens is 3. The SMILES string of the molecule is CNS(=O)(=O)CC(=O)Nc1cc(Br)c(F)cc1F. The summed E-state index contributed by atoms with van der Waals surface area (Å²) in [5.41, 5.74) is -0.306. The van der Waals surface area contributed by atoms with Crippen molar-refractivity contribution in [1.29, 1.82) is 0 Å². The van der Waals surface area contributed by atoms with Crippen LogP contribution in [0.15, 0.2) is 16.6 Å². The van der Waals surface area contributed by atoms with Gasteiger partial charge in [0.2, 0.25) is 15.9 Å². The predicted octanol–water partition coefficient (Wildman–Crippen LogP) is 1.21. The summed E-state index contributed by atoms with van der Waals surface area (Å²) in [4.78, 5) is 11.3. The topological polar surface area (TPSA) is 75.3 Å². The molecule has 0 atom stereocenters. The van der Waals surface area contributed by atoms with E-state index in [0.29, 0.717) is 6.07 Å². The number of sulfonamides is 1. The second-order valence-corrected chi connectivity index (χ2v) is 6.04. The van der Waals surface area contributed by atoms with Crippen LogP contribution in [0.3, 0.4) is 0 Å². The van der Waals surface area contributed by atoms with E-state index in [1.165, 1.54) is 0 Å². The quantitative estimate of drug-likeness (QED) is 0.807. The average Bonchev–Trinajstić information content (AvgIpc) is 2.25. The molecule has 0 aromatic heterocycles. The molecule has 2 N–H and O–H groups in total. The lowest BCUT2D eigenvalue weighted by Crippen LogP contribution is -2.30. The molecule has 18 heavy (non-hydrogen) atoms. The lowest BCUT2D eigenvalue weighted by molar-refractivity contribution is -0.113. The van der Waals surface area contributed by atoms with E-state index < -0.39 is 33.3 Å². The Kier molecular flexibility index (Phi) is 4.77. The molecular formula is C9H9BrF2N2O3S. The number of anilines is 1. The van der Waals surface area contributed by atoms with E-state index >= 15 is 0 Å². The van der Waals surface area contributed by atoms with Crippen LogP contribution in [0.5, 0.6) is 0 Å². The Labute approximate surface area is 111 Å². The maximum atomic E-state index is 13.3. The highest BCUT2D eigenvalue weighted by Crippen LogP contribution is 2.23. The van der Waals surface area contributed by atoms with Crippen molar-refractivity contribution in [2.24, 2.45) is 0 Å². The fourth-order valence-corrected chi connectivity index (χ4v) is 1.95. The number of nitrogens with one attached hydrogen (secondary N) is 2. The maximum absolute atomic E-state index is 13.3. The molecule has 0 bridgehead atoms. The zero-order valence-corrected chi connectivity index (χ0v) is 11.5. The zero-order chi connectivity index (χ0) is 13.9. The lowest BCUT2D eigenvalue weighted by atomic mass is 10.3. The molecule has 1 amide bonds. The summed E-state index contributed by atoms with van der Waals surface area (Å²) in [6.07, 6.45) is 0. The smallest absolute Gasteiger partial charge is 0.241 e. The van der Waals surface area contributed by atoms with Gasteiger partial charge in [-0.15, -0.1) is 0 Å². The standard InChI is InChI=1S/C9H9BrF2N2O3S/c1-13-18(16,17)4-9(15)14-8-2-5(10)6(11)3-7(8)12/h2-3,13H,4H2,1H3,(H,14,15). The van der Waals surface area contributed by atoms with Crippen molar-refractivity contribution >= 4 is 37.5 Å². The van der Waals surface area contributed by atoms with E-state index in [2.05, 4.69) is 15.9 Å². The third-order valence-corrected chi connectivity index (χ3v) is 3.79. The Hall–Kier alpha value is -1.06. The molecule has 1 aromatic carbocycles. The van der Waals surface area contributed by atoms with Crippen molar-refractivity contribution in [3.63, 3.8) is 0 Å². The van der Waals surface area contributed by atoms with Gasteiger partial charge in [0.1, 0.15) is 17.4 Å². The molecule has 0 saturated heterocycles. The second kappa shape index (κ2) is 5.72. The Bertz CT molecular complexity index is 577. The van der Waals surface area contributed by atoms with Gasteiger partial charge in [-0.3, -0.25) is 4.79 Å². The molecule has 0 fully saturated rings. The van der Waals surface area contributed by atoms with E-state index in [1.54, 1.807) is 0 Å². The molecule has 0 saturated carbocycles. The first-order valence-corrected chi connectivity index (χ1v) is 7.05. The van der Waals surface area contributed by atoms with Gasteiger partial charge in [-0.25, -0.2) is 21.9 Å². The Balaban J connectivity index is 2.86. The highest BCUT2D eigenvalue weighted by Gasteiger charge is 2.16. The molecule has 0 heterocycles. The maximum Gasteiger partial charge on any atom is 0.241 e. The summed E-state index contributed by atoms with van der Waals surface area (Å²) in [7, 11) is -2.59. The van der Waals surface area contributed by atoms with E-state index in [-0.39, 0.29) is 10.2 Å². The van der Waals surface area contributed by atoms with E-state index in [4.69, 9.17) is 0 Å². The van der Waals surface area contributed by atoms with Crippen molar-refractivity contribution in [2.75, 3.05) is 18.1 Å². The molecule has 0 aliphatic rings. The zero-order valence-electron chi connectivity index (χ0n) is 9.13. The third-order valence-electron chi connectivity index (χ3n) is 1.92. The van der Waals surface area contributed by atoms with Gasteiger partial charge >= 0.3 is 0 Å². The van der Waals surface area contributed by atoms with E-state index in [1.807, 2.05) is 10.0 Å². The average molecular weight is 343 g/mol. The Morgan fingerprint density at radius 2 is 1.94 bits per heavy atom. The third kappa shape index (κ3) is 4.00.